The van der Waals surface area contributed by atoms with Crippen molar-refractivity contribution in [2.75, 3.05) is 0 Å². The van der Waals surface area contributed by atoms with Crippen LogP contribution < -0.4 is 5.32 Å². The van der Waals surface area contributed by atoms with Crippen LogP contribution in [0.2, 0.25) is 5.02 Å². The van der Waals surface area contributed by atoms with Crippen molar-refractivity contribution in [2.24, 2.45) is 0 Å². The van der Waals surface area contributed by atoms with Gasteiger partial charge in [0.15, 0.2) is 0 Å². The van der Waals surface area contributed by atoms with Gasteiger partial charge in [0, 0.05) is 5.02 Å². The first-order valence-electron chi connectivity index (χ1n) is 8.35. The smallest absolute Gasteiger partial charge is 0.319 e. The molecule has 0 bridgehead atoms. The number of benzene rings is 3. The van der Waals surface area contributed by atoms with Crippen molar-refractivity contribution >= 4 is 34.3 Å². The number of rotatable bonds is 3. The van der Waals surface area contributed by atoms with Crippen molar-refractivity contribution in [3.05, 3.63) is 82.9 Å². The highest BCUT2D eigenvalue weighted by molar-refractivity contribution is 6.30. The normalized spacial score (nSPS) is 19.8. The summed E-state index contributed by atoms with van der Waals surface area (Å²) in [6.07, 6.45) is 0. The molecule has 5 heteroatoms. The summed E-state index contributed by atoms with van der Waals surface area (Å²) in [7, 11) is 0. The van der Waals surface area contributed by atoms with E-state index < -0.39 is 5.54 Å². The molecule has 1 atom stereocenters. The Labute approximate surface area is 156 Å². The molecule has 1 N–H and O–H groups in total. The van der Waals surface area contributed by atoms with Crippen LogP contribution in [-0.4, -0.2) is 16.8 Å². The van der Waals surface area contributed by atoms with Crippen LogP contribution in [0.15, 0.2) is 66.7 Å². The highest BCUT2D eigenvalue weighted by Gasteiger charge is 2.48. The lowest BCUT2D eigenvalue weighted by atomic mass is 9.90. The second-order valence-electron chi connectivity index (χ2n) is 6.63. The van der Waals surface area contributed by atoms with E-state index in [0.717, 1.165) is 21.9 Å². The average molecular weight is 365 g/mol. The van der Waals surface area contributed by atoms with Crippen LogP contribution in [0.3, 0.4) is 0 Å². The van der Waals surface area contributed by atoms with E-state index in [1.807, 2.05) is 54.6 Å². The number of imide groups is 1. The van der Waals surface area contributed by atoms with E-state index in [1.165, 1.54) is 4.90 Å². The molecular formula is C21H17ClN2O2. The van der Waals surface area contributed by atoms with Crippen molar-refractivity contribution in [3.63, 3.8) is 0 Å². The second kappa shape index (κ2) is 6.15. The van der Waals surface area contributed by atoms with Crippen LogP contribution in [-0.2, 0) is 16.9 Å². The van der Waals surface area contributed by atoms with Crippen molar-refractivity contribution < 1.29 is 9.59 Å². The number of carbonyl (C=O) groups is 2. The standard InChI is InChI=1S/C21H17ClN2O2/c1-21(17-9-8-15-4-2-3-5-16(15)12-17)19(25)24(20(26)23-21)13-14-6-10-18(22)11-7-14/h2-12H,13H2,1H3,(H,23,26)/t21-/m1/s1. The van der Waals surface area contributed by atoms with E-state index in [-0.39, 0.29) is 18.5 Å². The lowest BCUT2D eigenvalue weighted by Gasteiger charge is -2.22. The predicted molar refractivity (Wildman–Crippen MR) is 102 cm³/mol. The highest BCUT2D eigenvalue weighted by Crippen LogP contribution is 2.31. The molecule has 0 unspecified atom stereocenters. The number of carbonyl (C=O) groups excluding carboxylic acids is 2. The first-order valence-corrected chi connectivity index (χ1v) is 8.73. The monoisotopic (exact) mass is 364 g/mol. The van der Waals surface area contributed by atoms with E-state index in [9.17, 15) is 9.59 Å². The third-order valence-corrected chi connectivity index (χ3v) is 5.11. The van der Waals surface area contributed by atoms with Gasteiger partial charge in [0.25, 0.3) is 5.91 Å². The number of amides is 3. The minimum absolute atomic E-state index is 0.213. The van der Waals surface area contributed by atoms with Crippen LogP contribution in [0, 0.1) is 0 Å². The average Bonchev–Trinajstić information content (AvgIpc) is 2.87. The predicted octanol–water partition coefficient (Wildman–Crippen LogP) is 4.46. The lowest BCUT2D eigenvalue weighted by Crippen LogP contribution is -2.40. The molecule has 1 fully saturated rings. The summed E-state index contributed by atoms with van der Waals surface area (Å²) in [6, 6.07) is 20.5. The first-order chi connectivity index (χ1) is 12.5. The molecule has 130 valence electrons. The van der Waals surface area contributed by atoms with Gasteiger partial charge in [-0.25, -0.2) is 4.79 Å². The summed E-state index contributed by atoms with van der Waals surface area (Å²) in [5.74, 6) is -0.257. The van der Waals surface area contributed by atoms with Gasteiger partial charge >= 0.3 is 6.03 Å². The van der Waals surface area contributed by atoms with Crippen molar-refractivity contribution in [2.45, 2.75) is 19.0 Å². The fourth-order valence-corrected chi connectivity index (χ4v) is 3.43. The Morgan fingerprint density at radius 3 is 2.38 bits per heavy atom. The summed E-state index contributed by atoms with van der Waals surface area (Å²) in [4.78, 5) is 26.8. The zero-order valence-corrected chi connectivity index (χ0v) is 15.0. The highest BCUT2D eigenvalue weighted by atomic mass is 35.5. The summed E-state index contributed by atoms with van der Waals surface area (Å²) in [5.41, 5.74) is 0.543. The van der Waals surface area contributed by atoms with Crippen molar-refractivity contribution in [1.82, 2.24) is 10.2 Å². The number of fused-ring (bicyclic) bond motifs is 1. The van der Waals surface area contributed by atoms with Gasteiger partial charge in [0.05, 0.1) is 6.54 Å². The van der Waals surface area contributed by atoms with Crippen LogP contribution in [0.25, 0.3) is 10.8 Å². The Hall–Kier alpha value is -2.85. The maximum atomic E-state index is 13.1. The molecule has 0 aromatic heterocycles. The Morgan fingerprint density at radius 2 is 1.65 bits per heavy atom. The fraction of sp³-hybridized carbons (Fsp3) is 0.143. The van der Waals surface area contributed by atoms with E-state index in [4.69, 9.17) is 11.6 Å². The first kappa shape index (κ1) is 16.6. The second-order valence-corrected chi connectivity index (χ2v) is 7.07. The van der Waals surface area contributed by atoms with Crippen LogP contribution in [0.1, 0.15) is 18.1 Å². The Balaban J connectivity index is 1.66. The van der Waals surface area contributed by atoms with Gasteiger partial charge in [-0.05, 0) is 47.0 Å². The van der Waals surface area contributed by atoms with Gasteiger partial charge in [-0.1, -0.05) is 60.1 Å². The van der Waals surface area contributed by atoms with E-state index in [0.29, 0.717) is 5.02 Å². The molecule has 0 aliphatic carbocycles. The number of urea groups is 1. The molecule has 3 aromatic carbocycles. The number of hydrogen-bond donors (Lipinski definition) is 1. The zero-order chi connectivity index (χ0) is 18.3. The molecular weight excluding hydrogens is 348 g/mol. The molecule has 1 saturated heterocycles. The number of nitrogens with one attached hydrogen (secondary N) is 1. The minimum Gasteiger partial charge on any atom is -0.319 e. The largest absolute Gasteiger partial charge is 0.325 e. The van der Waals surface area contributed by atoms with Gasteiger partial charge < -0.3 is 5.32 Å². The van der Waals surface area contributed by atoms with E-state index in [2.05, 4.69) is 5.32 Å². The molecule has 3 amide bonds. The quantitative estimate of drug-likeness (QED) is 0.697. The van der Waals surface area contributed by atoms with E-state index >= 15 is 0 Å². The number of nitrogens with zero attached hydrogens (tertiary/aromatic N) is 1. The molecule has 4 nitrogen and oxygen atoms in total. The summed E-state index contributed by atoms with van der Waals surface area (Å²) in [6.45, 7) is 1.96. The summed E-state index contributed by atoms with van der Waals surface area (Å²) in [5, 5.41) is 5.60. The number of hydrogen-bond acceptors (Lipinski definition) is 2. The number of halogens is 1. The molecule has 1 heterocycles. The molecule has 1 aliphatic rings. The Bertz CT molecular complexity index is 1020. The van der Waals surface area contributed by atoms with Gasteiger partial charge in [0.1, 0.15) is 5.54 Å². The van der Waals surface area contributed by atoms with Crippen molar-refractivity contribution in [1.29, 1.82) is 0 Å². The maximum absolute atomic E-state index is 13.1. The van der Waals surface area contributed by atoms with E-state index in [1.54, 1.807) is 19.1 Å². The van der Waals surface area contributed by atoms with Crippen molar-refractivity contribution in [3.8, 4) is 0 Å². The molecule has 3 aromatic rings. The van der Waals surface area contributed by atoms with Gasteiger partial charge in [0.2, 0.25) is 0 Å². The SMILES string of the molecule is C[C@]1(c2ccc3ccccc3c2)NC(=O)N(Cc2ccc(Cl)cc2)C1=O. The van der Waals surface area contributed by atoms with Crippen LogP contribution in [0.4, 0.5) is 4.79 Å². The topological polar surface area (TPSA) is 49.4 Å². The zero-order valence-electron chi connectivity index (χ0n) is 14.2. The summed E-state index contributed by atoms with van der Waals surface area (Å²) >= 11 is 5.90. The van der Waals surface area contributed by atoms with Gasteiger partial charge in [-0.15, -0.1) is 0 Å². The Kier molecular flexibility index (Phi) is 3.93. The lowest BCUT2D eigenvalue weighted by molar-refractivity contribution is -0.131. The third-order valence-electron chi connectivity index (χ3n) is 4.86. The third kappa shape index (κ3) is 2.72. The van der Waals surface area contributed by atoms with Gasteiger partial charge in [-0.3, -0.25) is 9.69 Å². The molecule has 0 spiro atoms. The molecule has 4 rings (SSSR count). The Morgan fingerprint density at radius 1 is 0.962 bits per heavy atom. The molecule has 0 saturated carbocycles. The minimum atomic E-state index is -1.08. The maximum Gasteiger partial charge on any atom is 0.325 e. The molecule has 26 heavy (non-hydrogen) atoms. The molecule has 0 radical (unpaired) electrons. The fourth-order valence-electron chi connectivity index (χ4n) is 3.31. The van der Waals surface area contributed by atoms with Crippen LogP contribution >= 0.6 is 11.6 Å². The van der Waals surface area contributed by atoms with Gasteiger partial charge in [-0.2, -0.15) is 0 Å². The van der Waals surface area contributed by atoms with Crippen LogP contribution in [0.5, 0.6) is 0 Å². The molecule has 1 aliphatic heterocycles. The summed E-state index contributed by atoms with van der Waals surface area (Å²) < 4.78 is 0.